The average Bonchev–Trinajstić information content (AvgIpc) is 2.24. The van der Waals surface area contributed by atoms with Crippen LogP contribution in [0.25, 0.3) is 0 Å². The Kier molecular flexibility index (Phi) is 3.47. The predicted octanol–water partition coefficient (Wildman–Crippen LogP) is 3.26. The van der Waals surface area contributed by atoms with E-state index in [9.17, 15) is 4.39 Å². The van der Waals surface area contributed by atoms with Gasteiger partial charge in [0.25, 0.3) is 0 Å². The molecule has 1 aromatic rings. The van der Waals surface area contributed by atoms with Gasteiger partial charge in [0.05, 0.1) is 16.9 Å². The van der Waals surface area contributed by atoms with E-state index in [2.05, 4.69) is 10.2 Å². The molecule has 0 spiro atoms. The maximum atomic E-state index is 14.2. The van der Waals surface area contributed by atoms with Gasteiger partial charge in [-0.3, -0.25) is 0 Å². The molecule has 0 aromatic heterocycles. The molecule has 1 fully saturated rings. The van der Waals surface area contributed by atoms with Gasteiger partial charge < -0.3 is 15.0 Å². The summed E-state index contributed by atoms with van der Waals surface area (Å²) in [6.45, 7) is 9.54. The lowest BCUT2D eigenvalue weighted by atomic mass is 9.98. The van der Waals surface area contributed by atoms with Crippen molar-refractivity contribution in [1.29, 1.82) is 0 Å². The topological polar surface area (TPSA) is 24.5 Å². The van der Waals surface area contributed by atoms with Crippen molar-refractivity contribution in [3.63, 3.8) is 0 Å². The maximum absolute atomic E-state index is 14.2. The molecule has 0 bridgehead atoms. The normalized spacial score (nSPS) is 21.3. The van der Waals surface area contributed by atoms with Crippen LogP contribution in [0.5, 0.6) is 0 Å². The summed E-state index contributed by atoms with van der Waals surface area (Å²) in [5, 5.41) is 2.95. The molecule has 0 atom stereocenters. The van der Waals surface area contributed by atoms with Crippen LogP contribution in [0.4, 0.5) is 15.8 Å². The summed E-state index contributed by atoms with van der Waals surface area (Å²) in [7, 11) is 1.79. The van der Waals surface area contributed by atoms with Crippen LogP contribution < -0.4 is 10.2 Å². The van der Waals surface area contributed by atoms with Gasteiger partial charge in [-0.25, -0.2) is 4.39 Å². The summed E-state index contributed by atoms with van der Waals surface area (Å²) in [5.74, 6) is -0.194. The van der Waals surface area contributed by atoms with Gasteiger partial charge in [-0.2, -0.15) is 0 Å². The summed E-state index contributed by atoms with van der Waals surface area (Å²) in [6.07, 6.45) is 0. The van der Waals surface area contributed by atoms with Gasteiger partial charge in [0.1, 0.15) is 5.82 Å². The zero-order chi connectivity index (χ0) is 14.3. The van der Waals surface area contributed by atoms with Gasteiger partial charge in [0.2, 0.25) is 0 Å². The van der Waals surface area contributed by atoms with Crippen LogP contribution in [0.2, 0.25) is 0 Å². The molecule has 1 saturated heterocycles. The number of nitrogens with zero attached hydrogens (tertiary/aromatic N) is 1. The lowest BCUT2D eigenvalue weighted by molar-refractivity contribution is -0.133. The monoisotopic (exact) mass is 266 g/mol. The van der Waals surface area contributed by atoms with Crippen LogP contribution in [-0.2, 0) is 4.74 Å². The Morgan fingerprint density at radius 1 is 1.16 bits per heavy atom. The van der Waals surface area contributed by atoms with Gasteiger partial charge in [-0.15, -0.1) is 0 Å². The zero-order valence-electron chi connectivity index (χ0n) is 12.4. The number of hydrogen-bond acceptors (Lipinski definition) is 3. The summed E-state index contributed by atoms with van der Waals surface area (Å²) in [6, 6.07) is 5.26. The number of benzene rings is 1. The van der Waals surface area contributed by atoms with E-state index in [1.165, 1.54) is 6.07 Å². The highest BCUT2D eigenvalue weighted by molar-refractivity contribution is 5.56. The lowest BCUT2D eigenvalue weighted by Gasteiger charge is -2.48. The van der Waals surface area contributed by atoms with Crippen LogP contribution in [-0.4, -0.2) is 31.3 Å². The third-order valence-corrected chi connectivity index (χ3v) is 3.27. The number of ether oxygens (including phenoxy) is 1. The second kappa shape index (κ2) is 4.67. The highest BCUT2D eigenvalue weighted by Gasteiger charge is 2.38. The minimum atomic E-state index is -0.282. The van der Waals surface area contributed by atoms with Crippen molar-refractivity contribution < 1.29 is 9.13 Å². The Morgan fingerprint density at radius 3 is 2.21 bits per heavy atom. The molecule has 0 unspecified atom stereocenters. The van der Waals surface area contributed by atoms with Crippen LogP contribution in [0.1, 0.15) is 27.7 Å². The molecule has 1 heterocycles. The SMILES string of the molecule is CNc1ccc(N2CC(C)(C)OC(C)(C)C2)c(F)c1. The van der Waals surface area contributed by atoms with Crippen LogP contribution in [0.15, 0.2) is 18.2 Å². The van der Waals surface area contributed by atoms with Crippen molar-refractivity contribution in [2.45, 2.75) is 38.9 Å². The molecule has 1 aliphatic rings. The molecule has 19 heavy (non-hydrogen) atoms. The lowest BCUT2D eigenvalue weighted by Crippen LogP contribution is -2.57. The van der Waals surface area contributed by atoms with Crippen LogP contribution in [0, 0.1) is 5.82 Å². The quantitative estimate of drug-likeness (QED) is 0.889. The number of anilines is 2. The van der Waals surface area contributed by atoms with E-state index in [0.29, 0.717) is 18.8 Å². The number of morpholine rings is 1. The largest absolute Gasteiger partial charge is 0.388 e. The van der Waals surface area contributed by atoms with Gasteiger partial charge in [0.15, 0.2) is 0 Å². The average molecular weight is 266 g/mol. The molecule has 106 valence electrons. The van der Waals surface area contributed by atoms with Crippen molar-refractivity contribution in [2.75, 3.05) is 30.4 Å². The smallest absolute Gasteiger partial charge is 0.148 e. The van der Waals surface area contributed by atoms with E-state index in [-0.39, 0.29) is 17.0 Å². The molecule has 2 rings (SSSR count). The first-order chi connectivity index (χ1) is 8.72. The van der Waals surface area contributed by atoms with Crippen molar-refractivity contribution >= 4 is 11.4 Å². The Hall–Kier alpha value is -1.29. The van der Waals surface area contributed by atoms with E-state index in [0.717, 1.165) is 5.69 Å². The van der Waals surface area contributed by atoms with Gasteiger partial charge in [-0.1, -0.05) is 0 Å². The molecular weight excluding hydrogens is 243 g/mol. The van der Waals surface area contributed by atoms with E-state index in [1.54, 1.807) is 7.05 Å². The highest BCUT2D eigenvalue weighted by Crippen LogP contribution is 2.33. The third kappa shape index (κ3) is 3.18. The number of hydrogen-bond donors (Lipinski definition) is 1. The Morgan fingerprint density at radius 2 is 1.74 bits per heavy atom. The number of halogens is 1. The fourth-order valence-corrected chi connectivity index (χ4v) is 2.88. The van der Waals surface area contributed by atoms with Gasteiger partial charge in [-0.05, 0) is 45.9 Å². The second-order valence-corrected chi connectivity index (χ2v) is 6.39. The Bertz CT molecular complexity index is 455. The molecular formula is C15H23FN2O. The first-order valence-corrected chi connectivity index (χ1v) is 6.65. The predicted molar refractivity (Wildman–Crippen MR) is 77.4 cm³/mol. The van der Waals surface area contributed by atoms with E-state index in [1.807, 2.05) is 39.8 Å². The highest BCUT2D eigenvalue weighted by atomic mass is 19.1. The zero-order valence-corrected chi connectivity index (χ0v) is 12.4. The standard InChI is InChI=1S/C15H23FN2O/c1-14(2)9-18(10-15(3,4)19-14)13-7-6-11(17-5)8-12(13)16/h6-8,17H,9-10H2,1-5H3. The molecule has 1 aromatic carbocycles. The second-order valence-electron chi connectivity index (χ2n) is 6.39. The van der Waals surface area contributed by atoms with E-state index in [4.69, 9.17) is 4.74 Å². The van der Waals surface area contributed by atoms with Gasteiger partial charge in [0, 0.05) is 25.8 Å². The van der Waals surface area contributed by atoms with Crippen LogP contribution in [0.3, 0.4) is 0 Å². The molecule has 1 aliphatic heterocycles. The molecule has 0 saturated carbocycles. The molecule has 0 radical (unpaired) electrons. The number of nitrogens with one attached hydrogen (secondary N) is 1. The minimum Gasteiger partial charge on any atom is -0.388 e. The fraction of sp³-hybridized carbons (Fsp3) is 0.600. The summed E-state index contributed by atoms with van der Waals surface area (Å²) in [5.41, 5.74) is 0.864. The summed E-state index contributed by atoms with van der Waals surface area (Å²) < 4.78 is 20.2. The van der Waals surface area contributed by atoms with Gasteiger partial charge >= 0.3 is 0 Å². The molecule has 1 N–H and O–H groups in total. The molecule has 4 heteroatoms. The molecule has 3 nitrogen and oxygen atoms in total. The first kappa shape index (κ1) is 14.1. The van der Waals surface area contributed by atoms with E-state index < -0.39 is 0 Å². The minimum absolute atomic E-state index is 0.194. The van der Waals surface area contributed by atoms with Crippen molar-refractivity contribution in [3.8, 4) is 0 Å². The van der Waals surface area contributed by atoms with Crippen molar-refractivity contribution in [1.82, 2.24) is 0 Å². The Labute approximate surface area is 114 Å². The first-order valence-electron chi connectivity index (χ1n) is 6.65. The summed E-state index contributed by atoms with van der Waals surface area (Å²) in [4.78, 5) is 2.07. The van der Waals surface area contributed by atoms with E-state index >= 15 is 0 Å². The Balaban J connectivity index is 2.31. The van der Waals surface area contributed by atoms with Crippen molar-refractivity contribution in [3.05, 3.63) is 24.0 Å². The number of rotatable bonds is 2. The fourth-order valence-electron chi connectivity index (χ4n) is 2.88. The van der Waals surface area contributed by atoms with Crippen molar-refractivity contribution in [2.24, 2.45) is 0 Å². The summed E-state index contributed by atoms with van der Waals surface area (Å²) >= 11 is 0. The molecule has 0 amide bonds. The van der Waals surface area contributed by atoms with Crippen LogP contribution >= 0.6 is 0 Å². The maximum Gasteiger partial charge on any atom is 0.148 e. The molecule has 0 aliphatic carbocycles. The third-order valence-electron chi connectivity index (χ3n) is 3.27.